The van der Waals surface area contributed by atoms with Gasteiger partial charge in [-0.2, -0.15) is 0 Å². The second-order valence-electron chi connectivity index (χ2n) is 3.74. The molecule has 0 aliphatic heterocycles. The molecule has 2 heterocycles. The van der Waals surface area contributed by atoms with Crippen molar-refractivity contribution >= 4 is 33.1 Å². The van der Waals surface area contributed by atoms with Crippen LogP contribution in [0.15, 0.2) is 12.3 Å². The Morgan fingerprint density at radius 1 is 1.53 bits per heavy atom. The van der Waals surface area contributed by atoms with Crippen LogP contribution in [0.4, 0.5) is 5.69 Å². The van der Waals surface area contributed by atoms with Crippen LogP contribution >= 0.6 is 11.3 Å². The number of nitrogens with two attached hydrogens (primary N) is 1. The molecule has 0 fully saturated rings. The highest BCUT2D eigenvalue weighted by atomic mass is 32.1. The molecule has 0 saturated carbocycles. The average Bonchev–Trinajstić information content (AvgIpc) is 2.65. The van der Waals surface area contributed by atoms with Crippen LogP contribution in [0.2, 0.25) is 0 Å². The van der Waals surface area contributed by atoms with Crippen molar-refractivity contribution in [3.63, 3.8) is 0 Å². The zero-order chi connectivity index (χ0) is 12.6. The first-order valence-electron chi connectivity index (χ1n) is 4.99. The predicted octanol–water partition coefficient (Wildman–Crippen LogP) is 1.59. The smallest absolute Gasteiger partial charge is 0.265 e. The van der Waals surface area contributed by atoms with Crippen LogP contribution in [0, 0.1) is 0 Å². The number of methoxy groups -OCH3 is 1. The monoisotopic (exact) mass is 251 g/mol. The van der Waals surface area contributed by atoms with Crippen LogP contribution < -0.4 is 10.5 Å². The van der Waals surface area contributed by atoms with Crippen LogP contribution in [-0.4, -0.2) is 37.0 Å². The summed E-state index contributed by atoms with van der Waals surface area (Å²) >= 11 is 1.28. The molecule has 2 rings (SSSR count). The van der Waals surface area contributed by atoms with Gasteiger partial charge in [0.2, 0.25) is 0 Å². The summed E-state index contributed by atoms with van der Waals surface area (Å²) in [7, 11) is 4.95. The van der Waals surface area contributed by atoms with Crippen LogP contribution in [0.3, 0.4) is 0 Å². The van der Waals surface area contributed by atoms with E-state index in [-0.39, 0.29) is 5.91 Å². The lowest BCUT2D eigenvalue weighted by Gasteiger charge is -2.08. The number of nitrogens with zero attached hydrogens (tertiary/aromatic N) is 2. The number of anilines is 1. The highest BCUT2D eigenvalue weighted by Crippen LogP contribution is 2.38. The van der Waals surface area contributed by atoms with Crippen molar-refractivity contribution in [2.75, 3.05) is 26.9 Å². The van der Waals surface area contributed by atoms with E-state index in [4.69, 9.17) is 10.5 Å². The molecule has 90 valence electrons. The van der Waals surface area contributed by atoms with Crippen LogP contribution in [0.1, 0.15) is 9.67 Å². The lowest BCUT2D eigenvalue weighted by Crippen LogP contribution is -2.21. The van der Waals surface area contributed by atoms with Gasteiger partial charge in [-0.1, -0.05) is 0 Å². The number of amides is 1. The van der Waals surface area contributed by atoms with E-state index in [0.29, 0.717) is 26.5 Å². The van der Waals surface area contributed by atoms with E-state index >= 15 is 0 Å². The Kier molecular flexibility index (Phi) is 2.89. The highest BCUT2D eigenvalue weighted by molar-refractivity contribution is 7.21. The van der Waals surface area contributed by atoms with Gasteiger partial charge in [-0.15, -0.1) is 11.3 Å². The highest BCUT2D eigenvalue weighted by Gasteiger charge is 2.20. The molecule has 0 radical (unpaired) electrons. The summed E-state index contributed by atoms with van der Waals surface area (Å²) in [6.45, 7) is 0. The number of fused-ring (bicyclic) bond motifs is 1. The van der Waals surface area contributed by atoms with Gasteiger partial charge in [-0.05, 0) is 6.07 Å². The molecular formula is C11H13N3O2S. The molecule has 5 nitrogen and oxygen atoms in total. The van der Waals surface area contributed by atoms with E-state index in [0.717, 1.165) is 0 Å². The van der Waals surface area contributed by atoms with Gasteiger partial charge in [0.1, 0.15) is 15.5 Å². The van der Waals surface area contributed by atoms with E-state index in [2.05, 4.69) is 4.98 Å². The fourth-order valence-corrected chi connectivity index (χ4v) is 2.65. The second-order valence-corrected chi connectivity index (χ2v) is 4.74. The minimum atomic E-state index is -0.118. The molecule has 0 atom stereocenters. The summed E-state index contributed by atoms with van der Waals surface area (Å²) in [5.74, 6) is 0.522. The van der Waals surface area contributed by atoms with Crippen molar-refractivity contribution in [3.8, 4) is 5.75 Å². The minimum Gasteiger partial charge on any atom is -0.496 e. The molecule has 1 amide bonds. The first kappa shape index (κ1) is 11.7. The molecule has 0 unspecified atom stereocenters. The number of nitrogen functional groups attached to an aromatic ring is 1. The minimum absolute atomic E-state index is 0.118. The largest absolute Gasteiger partial charge is 0.496 e. The normalized spacial score (nSPS) is 10.5. The van der Waals surface area contributed by atoms with Gasteiger partial charge in [0.05, 0.1) is 18.2 Å². The number of rotatable bonds is 2. The zero-order valence-corrected chi connectivity index (χ0v) is 10.7. The molecule has 0 aliphatic carbocycles. The van der Waals surface area contributed by atoms with Crippen molar-refractivity contribution < 1.29 is 9.53 Å². The second kappa shape index (κ2) is 4.21. The van der Waals surface area contributed by atoms with Gasteiger partial charge in [-0.3, -0.25) is 4.79 Å². The summed E-state index contributed by atoms with van der Waals surface area (Å²) in [4.78, 5) is 18.8. The molecule has 6 heteroatoms. The third-order valence-corrected chi connectivity index (χ3v) is 3.51. The summed E-state index contributed by atoms with van der Waals surface area (Å²) in [5, 5.41) is 0.713. The molecule has 0 spiro atoms. The van der Waals surface area contributed by atoms with Crippen LogP contribution in [-0.2, 0) is 0 Å². The first-order chi connectivity index (χ1) is 8.06. The first-order valence-corrected chi connectivity index (χ1v) is 5.80. The fourth-order valence-electron chi connectivity index (χ4n) is 1.55. The quantitative estimate of drug-likeness (QED) is 0.880. The van der Waals surface area contributed by atoms with Gasteiger partial charge < -0.3 is 15.4 Å². The third kappa shape index (κ3) is 1.80. The van der Waals surface area contributed by atoms with Crippen molar-refractivity contribution in [1.82, 2.24) is 9.88 Å². The maximum Gasteiger partial charge on any atom is 0.265 e. The molecule has 2 N–H and O–H groups in total. The molecule has 0 aromatic carbocycles. The van der Waals surface area contributed by atoms with Crippen molar-refractivity contribution in [2.45, 2.75) is 0 Å². The van der Waals surface area contributed by atoms with Crippen molar-refractivity contribution in [1.29, 1.82) is 0 Å². The number of hydrogen-bond donors (Lipinski definition) is 1. The maximum atomic E-state index is 11.9. The summed E-state index contributed by atoms with van der Waals surface area (Å²) in [5.41, 5.74) is 6.44. The van der Waals surface area contributed by atoms with E-state index in [9.17, 15) is 4.79 Å². The Morgan fingerprint density at radius 2 is 2.24 bits per heavy atom. The standard InChI is InChI=1S/C11H13N3O2S/c1-14(2)11(15)9-8(12)7-6(16-3)4-5-13-10(7)17-9/h4-5H,12H2,1-3H3. The van der Waals surface area contributed by atoms with E-state index < -0.39 is 0 Å². The number of aromatic nitrogens is 1. The SMILES string of the molecule is COc1ccnc2sc(C(=O)N(C)C)c(N)c12. The Balaban J connectivity index is 2.69. The fraction of sp³-hybridized carbons (Fsp3) is 0.273. The Hall–Kier alpha value is -1.82. The number of thiophene rings is 1. The Labute approximate surface area is 103 Å². The van der Waals surface area contributed by atoms with E-state index in [1.54, 1.807) is 33.5 Å². The van der Waals surface area contributed by atoms with Gasteiger partial charge in [-0.25, -0.2) is 4.98 Å². The van der Waals surface area contributed by atoms with E-state index in [1.807, 2.05) is 0 Å². The molecule has 0 bridgehead atoms. The summed E-state index contributed by atoms with van der Waals surface area (Å²) < 4.78 is 5.22. The van der Waals surface area contributed by atoms with Crippen molar-refractivity contribution in [2.24, 2.45) is 0 Å². The van der Waals surface area contributed by atoms with Crippen LogP contribution in [0.25, 0.3) is 10.2 Å². The van der Waals surface area contributed by atoms with Gasteiger partial charge in [0.25, 0.3) is 5.91 Å². The molecular weight excluding hydrogens is 238 g/mol. The summed E-state index contributed by atoms with van der Waals surface area (Å²) in [6.07, 6.45) is 1.64. The number of pyridine rings is 1. The van der Waals surface area contributed by atoms with Crippen molar-refractivity contribution in [3.05, 3.63) is 17.1 Å². The van der Waals surface area contributed by atoms with Gasteiger partial charge >= 0.3 is 0 Å². The molecule has 2 aromatic rings. The third-order valence-electron chi connectivity index (χ3n) is 2.41. The Bertz CT molecular complexity index is 577. The average molecular weight is 251 g/mol. The molecule has 2 aromatic heterocycles. The number of ether oxygens (including phenoxy) is 1. The van der Waals surface area contributed by atoms with Gasteiger partial charge in [0, 0.05) is 20.3 Å². The number of carbonyl (C=O) groups is 1. The lowest BCUT2D eigenvalue weighted by atomic mass is 10.2. The molecule has 17 heavy (non-hydrogen) atoms. The molecule has 0 aliphatic rings. The zero-order valence-electron chi connectivity index (χ0n) is 9.85. The number of carbonyl (C=O) groups excluding carboxylic acids is 1. The Morgan fingerprint density at radius 3 is 2.82 bits per heavy atom. The topological polar surface area (TPSA) is 68.5 Å². The number of hydrogen-bond acceptors (Lipinski definition) is 5. The molecule has 0 saturated heterocycles. The lowest BCUT2D eigenvalue weighted by molar-refractivity contribution is 0.0833. The van der Waals surface area contributed by atoms with E-state index in [1.165, 1.54) is 16.2 Å². The maximum absolute atomic E-state index is 11.9. The summed E-state index contributed by atoms with van der Waals surface area (Å²) in [6, 6.07) is 1.73. The van der Waals surface area contributed by atoms with Gasteiger partial charge in [0.15, 0.2) is 0 Å². The van der Waals surface area contributed by atoms with Crippen LogP contribution in [0.5, 0.6) is 5.75 Å². The predicted molar refractivity (Wildman–Crippen MR) is 68.6 cm³/mol.